The lowest BCUT2D eigenvalue weighted by molar-refractivity contribution is -0.114. The number of amides is 1. The number of aromatic nitrogens is 2. The summed E-state index contributed by atoms with van der Waals surface area (Å²) >= 11 is 0. The second kappa shape index (κ2) is 5.89. The number of aryl methyl sites for hydroxylation is 1. The topological polar surface area (TPSA) is 67.0 Å². The molecule has 1 amide bonds. The van der Waals surface area contributed by atoms with Crippen molar-refractivity contribution in [2.45, 2.75) is 20.5 Å². The van der Waals surface area contributed by atoms with Crippen molar-refractivity contribution in [3.63, 3.8) is 0 Å². The Kier molecular flexibility index (Phi) is 3.78. The maximum Gasteiger partial charge on any atom is 0.222 e. The second-order valence-electron chi connectivity index (χ2n) is 5.17. The smallest absolute Gasteiger partial charge is 0.222 e. The van der Waals surface area contributed by atoms with Crippen LogP contribution in [0.3, 0.4) is 0 Å². The summed E-state index contributed by atoms with van der Waals surface area (Å²) < 4.78 is 5.94. The van der Waals surface area contributed by atoms with Crippen LogP contribution in [0.5, 0.6) is 5.75 Å². The highest BCUT2D eigenvalue weighted by atomic mass is 16.5. The number of nitrogens with zero attached hydrogens (tertiary/aromatic N) is 1. The number of rotatable bonds is 4. The quantitative estimate of drug-likeness (QED) is 0.775. The van der Waals surface area contributed by atoms with Crippen LogP contribution in [0.4, 0.5) is 5.82 Å². The molecule has 0 aliphatic rings. The molecule has 0 fully saturated rings. The van der Waals surface area contributed by atoms with Crippen LogP contribution < -0.4 is 10.1 Å². The number of aromatic amines is 1. The van der Waals surface area contributed by atoms with E-state index in [4.69, 9.17) is 4.74 Å². The largest absolute Gasteiger partial charge is 0.488 e. The molecule has 2 N–H and O–H groups in total. The van der Waals surface area contributed by atoms with Gasteiger partial charge < -0.3 is 15.0 Å². The molecule has 0 saturated heterocycles. The van der Waals surface area contributed by atoms with Gasteiger partial charge in [0.15, 0.2) is 0 Å². The van der Waals surface area contributed by atoms with E-state index in [1.165, 1.54) is 6.92 Å². The number of hydrogen-bond donors (Lipinski definition) is 2. The lowest BCUT2D eigenvalue weighted by Crippen LogP contribution is -2.08. The molecule has 5 nitrogen and oxygen atoms in total. The summed E-state index contributed by atoms with van der Waals surface area (Å²) in [6.07, 6.45) is 3.63. The molecular formula is C17H17N3O2. The number of fused-ring (bicyclic) bond motifs is 1. The highest BCUT2D eigenvalue weighted by molar-refractivity contribution is 5.89. The zero-order chi connectivity index (χ0) is 15.5. The molecule has 22 heavy (non-hydrogen) atoms. The van der Waals surface area contributed by atoms with E-state index < -0.39 is 0 Å². The second-order valence-corrected chi connectivity index (χ2v) is 5.17. The minimum atomic E-state index is -0.140. The van der Waals surface area contributed by atoms with Gasteiger partial charge in [-0.25, -0.2) is 4.98 Å². The summed E-state index contributed by atoms with van der Waals surface area (Å²) in [5.74, 6) is 1.23. The Morgan fingerprint density at radius 2 is 2.23 bits per heavy atom. The van der Waals surface area contributed by atoms with Crippen LogP contribution in [0.1, 0.15) is 18.1 Å². The molecule has 5 heteroatoms. The standard InChI is InChI=1S/C17H17N3O2/c1-11-9-19-14-4-3-5-15(17(11)14)22-10-13-6-7-18-16(8-13)20-12(2)21/h3-9,19H,10H2,1-2H3,(H,18,20,21). The number of ether oxygens (including phenoxy) is 1. The highest BCUT2D eigenvalue weighted by Gasteiger charge is 2.07. The summed E-state index contributed by atoms with van der Waals surface area (Å²) in [4.78, 5) is 18.4. The first-order valence-electron chi connectivity index (χ1n) is 7.05. The van der Waals surface area contributed by atoms with Crippen molar-refractivity contribution in [2.24, 2.45) is 0 Å². The first kappa shape index (κ1) is 14.1. The molecule has 3 aromatic rings. The van der Waals surface area contributed by atoms with Crippen molar-refractivity contribution >= 4 is 22.6 Å². The average molecular weight is 295 g/mol. The van der Waals surface area contributed by atoms with Crippen LogP contribution in [-0.4, -0.2) is 15.9 Å². The van der Waals surface area contributed by atoms with Gasteiger partial charge in [0.1, 0.15) is 18.2 Å². The summed E-state index contributed by atoms with van der Waals surface area (Å²) in [7, 11) is 0. The van der Waals surface area contributed by atoms with E-state index in [1.807, 2.05) is 43.5 Å². The summed E-state index contributed by atoms with van der Waals surface area (Å²) in [6, 6.07) is 9.62. The maximum atomic E-state index is 11.1. The molecule has 2 aromatic heterocycles. The number of pyridine rings is 1. The number of nitrogens with one attached hydrogen (secondary N) is 2. The van der Waals surface area contributed by atoms with Gasteiger partial charge in [0.05, 0.1) is 0 Å². The molecule has 0 unspecified atom stereocenters. The molecule has 1 aromatic carbocycles. The molecule has 2 heterocycles. The minimum absolute atomic E-state index is 0.140. The molecule has 0 aliphatic heterocycles. The van der Waals surface area contributed by atoms with Crippen molar-refractivity contribution in [3.8, 4) is 5.75 Å². The monoisotopic (exact) mass is 295 g/mol. The molecule has 112 valence electrons. The average Bonchev–Trinajstić information content (AvgIpc) is 2.87. The zero-order valence-electron chi connectivity index (χ0n) is 12.5. The van der Waals surface area contributed by atoms with Crippen molar-refractivity contribution < 1.29 is 9.53 Å². The summed E-state index contributed by atoms with van der Waals surface area (Å²) in [5, 5.41) is 3.76. The van der Waals surface area contributed by atoms with Crippen molar-refractivity contribution in [1.29, 1.82) is 0 Å². The minimum Gasteiger partial charge on any atom is -0.488 e. The molecule has 0 spiro atoms. The first-order valence-corrected chi connectivity index (χ1v) is 7.05. The third-order valence-corrected chi connectivity index (χ3v) is 3.39. The van der Waals surface area contributed by atoms with E-state index in [0.717, 1.165) is 27.8 Å². The number of hydrogen-bond acceptors (Lipinski definition) is 3. The normalized spacial score (nSPS) is 10.6. The van der Waals surface area contributed by atoms with E-state index in [-0.39, 0.29) is 5.91 Å². The van der Waals surface area contributed by atoms with Crippen molar-refractivity contribution in [2.75, 3.05) is 5.32 Å². The van der Waals surface area contributed by atoms with Gasteiger partial charge in [0.2, 0.25) is 5.91 Å². The van der Waals surface area contributed by atoms with Crippen LogP contribution in [0.25, 0.3) is 10.9 Å². The number of carbonyl (C=O) groups excluding carboxylic acids is 1. The van der Waals surface area contributed by atoms with Gasteiger partial charge in [0, 0.05) is 30.2 Å². The fourth-order valence-electron chi connectivity index (χ4n) is 2.41. The maximum absolute atomic E-state index is 11.1. The Labute approximate surface area is 128 Å². The Bertz CT molecular complexity index is 824. The molecule has 0 bridgehead atoms. The van der Waals surface area contributed by atoms with E-state index >= 15 is 0 Å². The number of anilines is 1. The first-order chi connectivity index (χ1) is 10.6. The zero-order valence-corrected chi connectivity index (χ0v) is 12.5. The van der Waals surface area contributed by atoms with Gasteiger partial charge in [-0.3, -0.25) is 4.79 Å². The predicted molar refractivity (Wildman–Crippen MR) is 85.9 cm³/mol. The number of carbonyl (C=O) groups is 1. The van der Waals surface area contributed by atoms with Crippen LogP contribution in [0.15, 0.2) is 42.7 Å². The fourth-order valence-corrected chi connectivity index (χ4v) is 2.41. The van der Waals surface area contributed by atoms with Gasteiger partial charge in [-0.1, -0.05) is 6.07 Å². The summed E-state index contributed by atoms with van der Waals surface area (Å²) in [6.45, 7) is 3.92. The van der Waals surface area contributed by atoms with Gasteiger partial charge in [0.25, 0.3) is 0 Å². The lowest BCUT2D eigenvalue weighted by Gasteiger charge is -2.09. The third kappa shape index (κ3) is 2.93. The molecule has 0 aliphatic carbocycles. The molecule has 0 atom stereocenters. The van der Waals surface area contributed by atoms with Crippen LogP contribution in [-0.2, 0) is 11.4 Å². The molecule has 0 radical (unpaired) electrons. The predicted octanol–water partition coefficient (Wildman–Crippen LogP) is 3.41. The number of benzene rings is 1. The van der Waals surface area contributed by atoms with Gasteiger partial charge in [-0.15, -0.1) is 0 Å². The number of H-pyrrole nitrogens is 1. The third-order valence-electron chi connectivity index (χ3n) is 3.39. The van der Waals surface area contributed by atoms with Crippen LogP contribution >= 0.6 is 0 Å². The lowest BCUT2D eigenvalue weighted by atomic mass is 10.2. The van der Waals surface area contributed by atoms with E-state index in [0.29, 0.717) is 12.4 Å². The SMILES string of the molecule is CC(=O)Nc1cc(COc2cccc3[nH]cc(C)c23)ccn1. The van der Waals surface area contributed by atoms with Crippen LogP contribution in [0, 0.1) is 6.92 Å². The van der Waals surface area contributed by atoms with Crippen molar-refractivity contribution in [1.82, 2.24) is 9.97 Å². The van der Waals surface area contributed by atoms with E-state index in [2.05, 4.69) is 15.3 Å². The van der Waals surface area contributed by atoms with E-state index in [1.54, 1.807) is 6.20 Å². The van der Waals surface area contributed by atoms with Gasteiger partial charge >= 0.3 is 0 Å². The van der Waals surface area contributed by atoms with Gasteiger partial charge in [-0.2, -0.15) is 0 Å². The Hall–Kier alpha value is -2.82. The fraction of sp³-hybridized carbons (Fsp3) is 0.176. The van der Waals surface area contributed by atoms with Gasteiger partial charge in [-0.05, 0) is 42.3 Å². The van der Waals surface area contributed by atoms with Crippen LogP contribution in [0.2, 0.25) is 0 Å². The van der Waals surface area contributed by atoms with E-state index in [9.17, 15) is 4.79 Å². The highest BCUT2D eigenvalue weighted by Crippen LogP contribution is 2.28. The molecular weight excluding hydrogens is 278 g/mol. The summed E-state index contributed by atoms with van der Waals surface area (Å²) in [5.41, 5.74) is 3.16. The molecule has 3 rings (SSSR count). The Balaban J connectivity index is 1.79. The molecule has 0 saturated carbocycles. The Morgan fingerprint density at radius 1 is 1.36 bits per heavy atom. The van der Waals surface area contributed by atoms with Crippen molar-refractivity contribution in [3.05, 3.63) is 53.9 Å². The Morgan fingerprint density at radius 3 is 3.05 bits per heavy atom.